The summed E-state index contributed by atoms with van der Waals surface area (Å²) in [5.74, 6) is -2.74. The first-order valence-electron chi connectivity index (χ1n) is 11.3. The van der Waals surface area contributed by atoms with E-state index in [4.69, 9.17) is 11.6 Å². The number of hydrogen-bond donors (Lipinski definition) is 5. The molecule has 0 aliphatic heterocycles. The Kier molecular flexibility index (Phi) is 7.85. The number of nitrogens with one attached hydrogen (secondary N) is 4. The minimum atomic E-state index is -1.37. The molecule has 1 unspecified atom stereocenters. The third-order valence-electron chi connectivity index (χ3n) is 5.65. The Balaban J connectivity index is 1.34. The molecule has 4 rings (SSSR count). The monoisotopic (exact) mass is 518 g/mol. The van der Waals surface area contributed by atoms with Gasteiger partial charge < -0.3 is 26.0 Å². The Hall–Kier alpha value is -4.63. The Morgan fingerprint density at radius 3 is 2.32 bits per heavy atom. The molecule has 3 aromatic carbocycles. The number of benzene rings is 3. The number of H-pyrrole nitrogens is 1. The van der Waals surface area contributed by atoms with E-state index in [0.717, 1.165) is 10.9 Å². The van der Waals surface area contributed by atoms with Crippen molar-refractivity contribution in [2.45, 2.75) is 12.6 Å². The summed E-state index contributed by atoms with van der Waals surface area (Å²) in [5.41, 5.74) is 2.44. The molecule has 1 heterocycles. The number of aliphatic carboxylic acids is 1. The summed E-state index contributed by atoms with van der Waals surface area (Å²) in [6.07, 6.45) is 1.80. The van der Waals surface area contributed by atoms with Crippen molar-refractivity contribution in [2.24, 2.45) is 0 Å². The van der Waals surface area contributed by atoms with Crippen LogP contribution in [0.15, 0.2) is 79.0 Å². The second-order valence-corrected chi connectivity index (χ2v) is 8.62. The minimum Gasteiger partial charge on any atom is -0.480 e. The van der Waals surface area contributed by atoms with Gasteiger partial charge in [0, 0.05) is 35.9 Å². The number of carboxylic acids is 1. The van der Waals surface area contributed by atoms with E-state index in [1.165, 1.54) is 12.1 Å². The van der Waals surface area contributed by atoms with Gasteiger partial charge in [-0.05, 0) is 53.4 Å². The van der Waals surface area contributed by atoms with Crippen molar-refractivity contribution in [2.75, 3.05) is 6.54 Å². The minimum absolute atomic E-state index is 0.0644. The quantitative estimate of drug-likeness (QED) is 0.231. The Bertz CT molecular complexity index is 1470. The van der Waals surface area contributed by atoms with Gasteiger partial charge in [-0.25, -0.2) is 4.79 Å². The highest BCUT2D eigenvalue weighted by molar-refractivity contribution is 6.34. The Labute approximate surface area is 216 Å². The normalized spacial score (nSPS) is 11.5. The number of aromatic nitrogens is 1. The van der Waals surface area contributed by atoms with E-state index < -0.39 is 23.8 Å². The number of fused-ring (bicyclic) bond motifs is 1. The summed E-state index contributed by atoms with van der Waals surface area (Å²) in [7, 11) is 0. The SMILES string of the molecule is O=C(NCc1ccc(C(=O)NC(CNC(=O)c2ccccc2)C(=O)O)c(Cl)c1)c1ccc2cc[nH]c2c1. The van der Waals surface area contributed by atoms with Crippen molar-refractivity contribution in [1.29, 1.82) is 0 Å². The fourth-order valence-electron chi connectivity index (χ4n) is 3.65. The van der Waals surface area contributed by atoms with E-state index in [1.807, 2.05) is 12.1 Å². The highest BCUT2D eigenvalue weighted by Crippen LogP contribution is 2.19. The van der Waals surface area contributed by atoms with E-state index in [9.17, 15) is 24.3 Å². The lowest BCUT2D eigenvalue weighted by molar-refractivity contribution is -0.139. The summed E-state index contributed by atoms with van der Waals surface area (Å²) < 4.78 is 0. The average Bonchev–Trinajstić information content (AvgIpc) is 3.37. The number of halogens is 1. The maximum atomic E-state index is 12.7. The van der Waals surface area contributed by atoms with Gasteiger partial charge in [0.25, 0.3) is 17.7 Å². The molecule has 9 nitrogen and oxygen atoms in total. The number of rotatable bonds is 9. The molecule has 0 bridgehead atoms. The van der Waals surface area contributed by atoms with Gasteiger partial charge in [-0.2, -0.15) is 0 Å². The average molecular weight is 519 g/mol. The predicted molar refractivity (Wildman–Crippen MR) is 139 cm³/mol. The lowest BCUT2D eigenvalue weighted by atomic mass is 10.1. The molecule has 188 valence electrons. The smallest absolute Gasteiger partial charge is 0.328 e. The molecular formula is C27H23ClN4O5. The summed E-state index contributed by atoms with van der Waals surface area (Å²) in [5, 5.41) is 18.3. The van der Waals surface area contributed by atoms with E-state index in [0.29, 0.717) is 16.7 Å². The van der Waals surface area contributed by atoms with Gasteiger partial charge in [0.2, 0.25) is 0 Å². The van der Waals surface area contributed by atoms with Gasteiger partial charge >= 0.3 is 5.97 Å². The molecule has 0 radical (unpaired) electrons. The molecule has 5 N–H and O–H groups in total. The maximum Gasteiger partial charge on any atom is 0.328 e. The van der Waals surface area contributed by atoms with E-state index in [1.54, 1.807) is 54.7 Å². The van der Waals surface area contributed by atoms with Crippen molar-refractivity contribution in [1.82, 2.24) is 20.9 Å². The number of hydrogen-bond acceptors (Lipinski definition) is 4. The molecular weight excluding hydrogens is 496 g/mol. The lowest BCUT2D eigenvalue weighted by Gasteiger charge is -2.16. The van der Waals surface area contributed by atoms with Crippen LogP contribution < -0.4 is 16.0 Å². The first kappa shape index (κ1) is 25.5. The van der Waals surface area contributed by atoms with Crippen LogP contribution in [-0.2, 0) is 11.3 Å². The first-order valence-corrected chi connectivity index (χ1v) is 11.7. The third kappa shape index (κ3) is 6.33. The fourth-order valence-corrected chi connectivity index (χ4v) is 3.94. The van der Waals surface area contributed by atoms with Crippen LogP contribution in [0.25, 0.3) is 10.9 Å². The molecule has 0 aliphatic rings. The van der Waals surface area contributed by atoms with Gasteiger partial charge in [-0.1, -0.05) is 41.9 Å². The van der Waals surface area contributed by atoms with Gasteiger partial charge in [0.05, 0.1) is 10.6 Å². The number of amides is 3. The van der Waals surface area contributed by atoms with E-state index in [-0.39, 0.29) is 29.6 Å². The van der Waals surface area contributed by atoms with Crippen LogP contribution >= 0.6 is 11.6 Å². The second kappa shape index (κ2) is 11.4. The van der Waals surface area contributed by atoms with Crippen LogP contribution in [0, 0.1) is 0 Å². The zero-order valence-corrected chi connectivity index (χ0v) is 20.2. The van der Waals surface area contributed by atoms with Crippen molar-refractivity contribution in [3.8, 4) is 0 Å². The summed E-state index contributed by atoms with van der Waals surface area (Å²) >= 11 is 6.29. The molecule has 3 amide bonds. The van der Waals surface area contributed by atoms with Gasteiger partial charge in [-0.3, -0.25) is 14.4 Å². The van der Waals surface area contributed by atoms with Crippen molar-refractivity contribution >= 4 is 46.2 Å². The third-order valence-corrected chi connectivity index (χ3v) is 5.97. The standard InChI is InChI=1S/C27H23ClN4O5/c28-21-12-16(14-30-25(34)19-8-7-17-10-11-29-22(17)13-19)6-9-20(21)26(35)32-23(27(36)37)15-31-24(33)18-4-2-1-3-5-18/h1-13,23,29H,14-15H2,(H,30,34)(H,31,33)(H,32,35)(H,36,37). The van der Waals surface area contributed by atoms with Crippen molar-refractivity contribution in [3.63, 3.8) is 0 Å². The van der Waals surface area contributed by atoms with Gasteiger partial charge in [0.1, 0.15) is 6.04 Å². The molecule has 0 saturated carbocycles. The topological polar surface area (TPSA) is 140 Å². The number of aromatic amines is 1. The largest absolute Gasteiger partial charge is 0.480 e. The van der Waals surface area contributed by atoms with Gasteiger partial charge in [0.15, 0.2) is 0 Å². The van der Waals surface area contributed by atoms with Crippen LogP contribution in [0.5, 0.6) is 0 Å². The van der Waals surface area contributed by atoms with Crippen LogP contribution in [-0.4, -0.2) is 46.4 Å². The molecule has 0 aliphatic carbocycles. The zero-order chi connectivity index (χ0) is 26.4. The summed E-state index contributed by atoms with van der Waals surface area (Å²) in [4.78, 5) is 52.1. The Morgan fingerprint density at radius 2 is 1.59 bits per heavy atom. The van der Waals surface area contributed by atoms with Crippen molar-refractivity contribution < 1.29 is 24.3 Å². The number of carbonyl (C=O) groups excluding carboxylic acids is 3. The first-order chi connectivity index (χ1) is 17.8. The second-order valence-electron chi connectivity index (χ2n) is 8.22. The number of carbonyl (C=O) groups is 4. The van der Waals surface area contributed by atoms with E-state index in [2.05, 4.69) is 20.9 Å². The van der Waals surface area contributed by atoms with Crippen LogP contribution in [0.4, 0.5) is 0 Å². The molecule has 4 aromatic rings. The predicted octanol–water partition coefficient (Wildman–Crippen LogP) is 3.36. The molecule has 0 fully saturated rings. The number of carboxylic acid groups (broad SMARTS) is 1. The lowest BCUT2D eigenvalue weighted by Crippen LogP contribution is -2.48. The summed E-state index contributed by atoms with van der Waals surface area (Å²) in [6.45, 7) is -0.142. The van der Waals surface area contributed by atoms with E-state index >= 15 is 0 Å². The summed E-state index contributed by atoms with van der Waals surface area (Å²) in [6, 6.07) is 18.8. The van der Waals surface area contributed by atoms with Crippen LogP contribution in [0.3, 0.4) is 0 Å². The van der Waals surface area contributed by atoms with Crippen LogP contribution in [0.2, 0.25) is 5.02 Å². The molecule has 37 heavy (non-hydrogen) atoms. The molecule has 10 heteroatoms. The van der Waals surface area contributed by atoms with Crippen LogP contribution in [0.1, 0.15) is 36.6 Å². The highest BCUT2D eigenvalue weighted by atomic mass is 35.5. The molecule has 0 spiro atoms. The van der Waals surface area contributed by atoms with Gasteiger partial charge in [-0.15, -0.1) is 0 Å². The highest BCUT2D eigenvalue weighted by Gasteiger charge is 2.23. The molecule has 1 aromatic heterocycles. The Morgan fingerprint density at radius 1 is 0.838 bits per heavy atom. The zero-order valence-electron chi connectivity index (χ0n) is 19.5. The van der Waals surface area contributed by atoms with Crippen molar-refractivity contribution in [3.05, 3.63) is 106 Å². The molecule has 1 atom stereocenters. The molecule has 0 saturated heterocycles. The fraction of sp³-hybridized carbons (Fsp3) is 0.111. The maximum absolute atomic E-state index is 12.7.